The molecule has 0 saturated carbocycles. The van der Waals surface area contributed by atoms with Gasteiger partial charge in [-0.3, -0.25) is 0 Å². The van der Waals surface area contributed by atoms with Gasteiger partial charge in [-0.15, -0.1) is 0 Å². The zero-order valence-electron chi connectivity index (χ0n) is 30.2. The van der Waals surface area contributed by atoms with Gasteiger partial charge < -0.3 is 8.98 Å². The van der Waals surface area contributed by atoms with Gasteiger partial charge in [-0.1, -0.05) is 133 Å². The number of para-hydroxylation sites is 3. The lowest BCUT2D eigenvalue weighted by atomic mass is 9.98. The number of hydrogen-bond acceptors (Lipinski definition) is 4. The summed E-state index contributed by atoms with van der Waals surface area (Å²) in [4.78, 5) is 14.8. The fraction of sp³-hybridized carbons (Fsp3) is 0. The zero-order valence-corrected chi connectivity index (χ0v) is 30.2. The molecule has 8 aromatic carbocycles. The minimum Gasteiger partial charge on any atom is -0.436 e. The summed E-state index contributed by atoms with van der Waals surface area (Å²) in [5.41, 5.74) is 13.2. The molecule has 5 heteroatoms. The molecule has 0 atom stereocenters. The largest absolute Gasteiger partial charge is 0.436 e. The van der Waals surface area contributed by atoms with Crippen LogP contribution in [-0.4, -0.2) is 19.5 Å². The molecule has 0 amide bonds. The molecule has 3 aromatic heterocycles. The van der Waals surface area contributed by atoms with Crippen molar-refractivity contribution in [2.45, 2.75) is 0 Å². The lowest BCUT2D eigenvalue weighted by Gasteiger charge is -2.11. The smallest absolute Gasteiger partial charge is 0.227 e. The summed E-state index contributed by atoms with van der Waals surface area (Å²) < 4.78 is 8.50. The lowest BCUT2D eigenvalue weighted by molar-refractivity contribution is 0.620. The van der Waals surface area contributed by atoms with Crippen molar-refractivity contribution in [2.75, 3.05) is 0 Å². The number of nitrogens with zero attached hydrogens (tertiary/aromatic N) is 4. The second kappa shape index (κ2) is 13.0. The third-order valence-corrected chi connectivity index (χ3v) is 10.6. The average Bonchev–Trinajstić information content (AvgIpc) is 3.86. The van der Waals surface area contributed by atoms with E-state index in [-0.39, 0.29) is 0 Å². The van der Waals surface area contributed by atoms with Crippen molar-refractivity contribution < 1.29 is 4.42 Å². The molecule has 0 aliphatic heterocycles. The van der Waals surface area contributed by atoms with Gasteiger partial charge in [-0.05, 0) is 82.6 Å². The van der Waals surface area contributed by atoms with Crippen LogP contribution in [0.15, 0.2) is 199 Å². The first-order valence-electron chi connectivity index (χ1n) is 18.8. The summed E-state index contributed by atoms with van der Waals surface area (Å²) in [7, 11) is 0. The predicted molar refractivity (Wildman–Crippen MR) is 229 cm³/mol. The molecular weight excluding hydrogens is 685 g/mol. The molecule has 56 heavy (non-hydrogen) atoms. The van der Waals surface area contributed by atoms with Crippen molar-refractivity contribution >= 4 is 43.7 Å². The standard InChI is InChI=1S/C51H32N4O/c1-3-11-34(12-4-1)45-32-46(53-50(52-45)35-13-5-2-6-14-35)39-22-21-37-29-36(19-20-38(37)30-39)33-23-26-41(27-24-33)55-47-17-9-7-15-42(47)43-28-25-40(31-48(43)55)51-54-44-16-8-10-18-49(44)56-51/h1-32H. The third-order valence-electron chi connectivity index (χ3n) is 10.6. The van der Waals surface area contributed by atoms with Gasteiger partial charge in [0, 0.05) is 38.7 Å². The molecule has 0 bridgehead atoms. The highest BCUT2D eigenvalue weighted by Crippen LogP contribution is 2.37. The molecular formula is C51H32N4O. The number of rotatable bonds is 6. The quantitative estimate of drug-likeness (QED) is 0.172. The monoisotopic (exact) mass is 716 g/mol. The normalized spacial score (nSPS) is 11.6. The van der Waals surface area contributed by atoms with Gasteiger partial charge in [0.15, 0.2) is 11.4 Å². The first-order chi connectivity index (χ1) is 27.7. The molecule has 0 radical (unpaired) electrons. The van der Waals surface area contributed by atoms with Crippen LogP contribution in [0.5, 0.6) is 0 Å². The third kappa shape index (κ3) is 5.53. The highest BCUT2D eigenvalue weighted by atomic mass is 16.3. The first kappa shape index (κ1) is 31.9. The van der Waals surface area contributed by atoms with Crippen LogP contribution < -0.4 is 0 Å². The molecule has 3 heterocycles. The van der Waals surface area contributed by atoms with Crippen LogP contribution in [-0.2, 0) is 0 Å². The van der Waals surface area contributed by atoms with Crippen LogP contribution in [0.25, 0.3) is 106 Å². The Labute approximate surface area is 322 Å². The lowest BCUT2D eigenvalue weighted by Crippen LogP contribution is -1.95. The number of hydrogen-bond donors (Lipinski definition) is 0. The summed E-state index contributed by atoms with van der Waals surface area (Å²) in [5.74, 6) is 1.33. The van der Waals surface area contributed by atoms with Crippen LogP contribution in [0.2, 0.25) is 0 Å². The van der Waals surface area contributed by atoms with Gasteiger partial charge in [-0.2, -0.15) is 0 Å². The molecule has 0 unspecified atom stereocenters. The van der Waals surface area contributed by atoms with Gasteiger partial charge in [0.25, 0.3) is 0 Å². The Morgan fingerprint density at radius 3 is 1.77 bits per heavy atom. The fourth-order valence-electron chi connectivity index (χ4n) is 7.83. The Morgan fingerprint density at radius 2 is 0.982 bits per heavy atom. The number of benzene rings is 8. The summed E-state index contributed by atoms with van der Waals surface area (Å²) >= 11 is 0. The van der Waals surface area contributed by atoms with Gasteiger partial charge in [0.1, 0.15) is 5.52 Å². The maximum Gasteiger partial charge on any atom is 0.227 e. The maximum atomic E-state index is 6.16. The zero-order chi connectivity index (χ0) is 37.0. The van der Waals surface area contributed by atoms with E-state index in [0.29, 0.717) is 11.7 Å². The van der Waals surface area contributed by atoms with E-state index >= 15 is 0 Å². The van der Waals surface area contributed by atoms with Crippen molar-refractivity contribution in [3.05, 3.63) is 194 Å². The van der Waals surface area contributed by atoms with Gasteiger partial charge in [0.2, 0.25) is 5.89 Å². The predicted octanol–water partition coefficient (Wildman–Crippen LogP) is 13.2. The highest BCUT2D eigenvalue weighted by Gasteiger charge is 2.16. The average molecular weight is 717 g/mol. The Kier molecular flexibility index (Phi) is 7.42. The number of fused-ring (bicyclic) bond motifs is 5. The van der Waals surface area contributed by atoms with Crippen molar-refractivity contribution in [1.82, 2.24) is 19.5 Å². The summed E-state index contributed by atoms with van der Waals surface area (Å²) in [5, 5.41) is 4.72. The number of oxazole rings is 1. The van der Waals surface area contributed by atoms with E-state index in [4.69, 9.17) is 19.4 Å². The minimum absolute atomic E-state index is 0.620. The van der Waals surface area contributed by atoms with E-state index in [1.165, 1.54) is 16.2 Å². The molecule has 0 saturated heterocycles. The molecule has 0 aliphatic carbocycles. The Balaban J connectivity index is 0.944. The topological polar surface area (TPSA) is 56.7 Å². The molecule has 5 nitrogen and oxygen atoms in total. The molecule has 11 rings (SSSR count). The van der Waals surface area contributed by atoms with Crippen molar-refractivity contribution in [2.24, 2.45) is 0 Å². The van der Waals surface area contributed by atoms with Crippen LogP contribution in [0.3, 0.4) is 0 Å². The van der Waals surface area contributed by atoms with Crippen LogP contribution in [0.4, 0.5) is 0 Å². The Bertz CT molecular complexity index is 3150. The summed E-state index contributed by atoms with van der Waals surface area (Å²) in [6.07, 6.45) is 0. The Hall–Kier alpha value is -7.63. The van der Waals surface area contributed by atoms with Crippen molar-refractivity contribution in [3.63, 3.8) is 0 Å². The molecule has 0 aliphatic rings. The second-order valence-corrected chi connectivity index (χ2v) is 14.1. The molecule has 0 N–H and O–H groups in total. The van der Waals surface area contributed by atoms with Crippen molar-refractivity contribution in [3.8, 4) is 62.2 Å². The first-order valence-corrected chi connectivity index (χ1v) is 18.8. The molecule has 11 aromatic rings. The molecule has 0 spiro atoms. The SMILES string of the molecule is c1ccc(-c2cc(-c3ccc4cc(-c5ccc(-n6c7ccccc7c7ccc(-c8nc9ccccc9o8)cc76)cc5)ccc4c3)nc(-c3ccccc3)n2)cc1. The van der Waals surface area contributed by atoms with Gasteiger partial charge in [0.05, 0.1) is 22.4 Å². The van der Waals surface area contributed by atoms with Crippen LogP contribution in [0, 0.1) is 0 Å². The maximum absolute atomic E-state index is 6.16. The van der Waals surface area contributed by atoms with E-state index in [1.54, 1.807) is 0 Å². The summed E-state index contributed by atoms with van der Waals surface area (Å²) in [6.45, 7) is 0. The van der Waals surface area contributed by atoms with Gasteiger partial charge >= 0.3 is 0 Å². The molecule has 262 valence electrons. The summed E-state index contributed by atoms with van der Waals surface area (Å²) in [6, 6.07) is 67.7. The van der Waals surface area contributed by atoms with E-state index in [2.05, 4.69) is 138 Å². The minimum atomic E-state index is 0.620. The number of aromatic nitrogens is 4. The van der Waals surface area contributed by atoms with Gasteiger partial charge in [-0.25, -0.2) is 15.0 Å². The highest BCUT2D eigenvalue weighted by molar-refractivity contribution is 6.10. The van der Waals surface area contributed by atoms with E-state index < -0.39 is 0 Å². The molecule has 0 fully saturated rings. The van der Waals surface area contributed by atoms with E-state index in [0.717, 1.165) is 78.0 Å². The fourth-order valence-corrected chi connectivity index (χ4v) is 7.83. The van der Waals surface area contributed by atoms with Crippen molar-refractivity contribution in [1.29, 1.82) is 0 Å². The van der Waals surface area contributed by atoms with E-state index in [1.807, 2.05) is 60.7 Å². The second-order valence-electron chi connectivity index (χ2n) is 14.1. The Morgan fingerprint density at radius 1 is 0.375 bits per heavy atom. The van der Waals surface area contributed by atoms with Crippen LogP contribution in [0.1, 0.15) is 0 Å². The van der Waals surface area contributed by atoms with Crippen LogP contribution >= 0.6 is 0 Å². The van der Waals surface area contributed by atoms with E-state index in [9.17, 15) is 0 Å².